The van der Waals surface area contributed by atoms with Crippen molar-refractivity contribution in [3.05, 3.63) is 70.7 Å². The smallest absolute Gasteiger partial charge is 0.433 e. The van der Waals surface area contributed by atoms with Crippen molar-refractivity contribution in [1.82, 2.24) is 19.9 Å². The number of para-hydroxylation sites is 1. The number of carbonyl (C=O) groups excluding carboxylic acids is 2. The molecule has 42 heavy (non-hydrogen) atoms. The molecular weight excluding hydrogens is 589 g/mol. The van der Waals surface area contributed by atoms with Gasteiger partial charge in [-0.05, 0) is 38.0 Å². The Morgan fingerprint density at radius 1 is 1.02 bits per heavy atom. The molecule has 0 saturated carbocycles. The third kappa shape index (κ3) is 6.98. The molecule has 1 aliphatic rings. The number of Topliss-reactive ketones (excluding diaryl/α,β-unsaturated/α-hetero) is 1. The van der Waals surface area contributed by atoms with Crippen LogP contribution in [0.25, 0.3) is 0 Å². The number of pyridine rings is 1. The van der Waals surface area contributed by atoms with Crippen LogP contribution in [0.1, 0.15) is 46.2 Å². The molecule has 0 bridgehead atoms. The third-order valence-electron chi connectivity index (χ3n) is 6.44. The first kappa shape index (κ1) is 30.7. The van der Waals surface area contributed by atoms with Crippen LogP contribution < -0.4 is 10.1 Å². The van der Waals surface area contributed by atoms with E-state index in [1.165, 1.54) is 11.8 Å². The molecule has 1 fully saturated rings. The van der Waals surface area contributed by atoms with Crippen LogP contribution in [0, 0.1) is 18.6 Å². The van der Waals surface area contributed by atoms with Gasteiger partial charge in [-0.3, -0.25) is 4.79 Å². The third-order valence-corrected chi connectivity index (χ3v) is 7.28. The quantitative estimate of drug-likeness (QED) is 0.233. The summed E-state index contributed by atoms with van der Waals surface area (Å²) in [6.07, 6.45) is -3.44. The number of aryl methyl sites for hydroxylation is 1. The van der Waals surface area contributed by atoms with Crippen molar-refractivity contribution in [2.45, 2.75) is 37.0 Å². The summed E-state index contributed by atoms with van der Waals surface area (Å²) in [7, 11) is -3.90. The highest BCUT2D eigenvalue weighted by atomic mass is 32.2. The Bertz CT molecular complexity index is 1610. The fourth-order valence-electron chi connectivity index (χ4n) is 4.40. The maximum atomic E-state index is 14.0. The van der Waals surface area contributed by atoms with Gasteiger partial charge in [0, 0.05) is 31.3 Å². The van der Waals surface area contributed by atoms with Crippen molar-refractivity contribution < 1.29 is 44.7 Å². The number of urea groups is 1. The van der Waals surface area contributed by atoms with Crippen LogP contribution in [0.4, 0.5) is 32.4 Å². The summed E-state index contributed by atoms with van der Waals surface area (Å²) in [5.41, 5.74) is -1.78. The SMILES string of the molecule is Cc1nc(S(C)(=O)=O)nc(C2CCN(C(=O)Nc3c(F)cccc3F)CC2)c1C(=O)COc1cccc(C(F)(F)F)n1. The van der Waals surface area contributed by atoms with E-state index >= 15 is 0 Å². The number of carbonyl (C=O) groups is 2. The highest BCUT2D eigenvalue weighted by molar-refractivity contribution is 7.90. The Morgan fingerprint density at radius 3 is 2.24 bits per heavy atom. The first-order valence-electron chi connectivity index (χ1n) is 12.4. The molecule has 16 heteroatoms. The molecule has 0 unspecified atom stereocenters. The van der Waals surface area contributed by atoms with Crippen LogP contribution in [0.3, 0.4) is 0 Å². The van der Waals surface area contributed by atoms with Crippen molar-refractivity contribution in [3.8, 4) is 5.88 Å². The molecule has 2 aromatic heterocycles. The Morgan fingerprint density at radius 2 is 1.64 bits per heavy atom. The predicted octanol–water partition coefficient (Wildman–Crippen LogP) is 4.55. The summed E-state index contributed by atoms with van der Waals surface area (Å²) in [5, 5.41) is 1.68. The topological polar surface area (TPSA) is 131 Å². The van der Waals surface area contributed by atoms with Crippen LogP contribution in [0.15, 0.2) is 41.6 Å². The Kier molecular flexibility index (Phi) is 8.75. The minimum Gasteiger partial charge on any atom is -0.469 e. The minimum atomic E-state index is -4.72. The summed E-state index contributed by atoms with van der Waals surface area (Å²) in [6, 6.07) is 5.34. The van der Waals surface area contributed by atoms with E-state index in [1.807, 2.05) is 0 Å². The molecule has 1 aromatic carbocycles. The number of aromatic nitrogens is 3. The van der Waals surface area contributed by atoms with Gasteiger partial charge in [0.1, 0.15) is 23.0 Å². The number of alkyl halides is 3. The Hall–Kier alpha value is -4.21. The van der Waals surface area contributed by atoms with E-state index in [9.17, 15) is 40.0 Å². The Balaban J connectivity index is 1.54. The number of anilines is 1. The van der Waals surface area contributed by atoms with E-state index in [1.54, 1.807) is 0 Å². The molecule has 224 valence electrons. The summed E-state index contributed by atoms with van der Waals surface area (Å²) < 4.78 is 96.6. The number of benzene rings is 1. The van der Waals surface area contributed by atoms with Crippen LogP contribution >= 0.6 is 0 Å². The standard InChI is InChI=1S/C26H24F5N5O5S/c1-14-21(18(37)13-41-20-8-4-7-19(33-20)26(29,30)31)22(34-24(32-14)42(2,39)40)15-9-11-36(12-10-15)25(38)35-23-16(27)5-3-6-17(23)28/h3-8,15H,9-13H2,1-2H3,(H,35,38). The van der Waals surface area contributed by atoms with Gasteiger partial charge in [0.2, 0.25) is 26.7 Å². The molecule has 1 N–H and O–H groups in total. The zero-order valence-electron chi connectivity index (χ0n) is 22.2. The average Bonchev–Trinajstić information content (AvgIpc) is 2.92. The number of likely N-dealkylation sites (tertiary alicyclic amines) is 1. The van der Waals surface area contributed by atoms with Gasteiger partial charge in [0.25, 0.3) is 0 Å². The average molecular weight is 614 g/mol. The normalized spacial score (nSPS) is 14.5. The maximum absolute atomic E-state index is 14.0. The number of hydrogen-bond donors (Lipinski definition) is 1. The molecular formula is C26H24F5N5O5S. The highest BCUT2D eigenvalue weighted by Gasteiger charge is 2.34. The van der Waals surface area contributed by atoms with E-state index in [0.717, 1.165) is 42.7 Å². The summed E-state index contributed by atoms with van der Waals surface area (Å²) in [4.78, 5) is 38.7. The van der Waals surface area contributed by atoms with E-state index < -0.39 is 74.4 Å². The molecule has 0 atom stereocenters. The van der Waals surface area contributed by atoms with E-state index in [-0.39, 0.29) is 42.9 Å². The van der Waals surface area contributed by atoms with Crippen molar-refractivity contribution in [1.29, 1.82) is 0 Å². The molecule has 0 aliphatic carbocycles. The van der Waals surface area contributed by atoms with E-state index in [2.05, 4.69) is 20.3 Å². The van der Waals surface area contributed by atoms with Crippen molar-refractivity contribution in [2.75, 3.05) is 31.3 Å². The molecule has 0 spiro atoms. The predicted molar refractivity (Wildman–Crippen MR) is 138 cm³/mol. The van der Waals surface area contributed by atoms with Crippen LogP contribution in [-0.4, -0.2) is 66.0 Å². The maximum Gasteiger partial charge on any atom is 0.433 e. The van der Waals surface area contributed by atoms with Crippen LogP contribution in [0.5, 0.6) is 5.88 Å². The number of sulfone groups is 1. The minimum absolute atomic E-state index is 0.0150. The van der Waals surface area contributed by atoms with Gasteiger partial charge in [0.15, 0.2) is 6.61 Å². The van der Waals surface area contributed by atoms with Gasteiger partial charge in [-0.2, -0.15) is 13.2 Å². The molecule has 4 rings (SSSR count). The van der Waals surface area contributed by atoms with Gasteiger partial charge >= 0.3 is 12.2 Å². The fourth-order valence-corrected chi connectivity index (χ4v) is 4.97. The van der Waals surface area contributed by atoms with E-state index in [4.69, 9.17) is 4.74 Å². The number of ether oxygens (including phenoxy) is 1. The second-order valence-corrected chi connectivity index (χ2v) is 11.4. The molecule has 3 aromatic rings. The van der Waals surface area contributed by atoms with Gasteiger partial charge in [0.05, 0.1) is 17.0 Å². The number of amides is 2. The molecule has 2 amide bonds. The van der Waals surface area contributed by atoms with Crippen LogP contribution in [0.2, 0.25) is 0 Å². The molecule has 0 radical (unpaired) electrons. The fraction of sp³-hybridized carbons (Fsp3) is 0.346. The first-order valence-corrected chi connectivity index (χ1v) is 14.3. The summed E-state index contributed by atoms with van der Waals surface area (Å²) in [5.74, 6) is -3.61. The largest absolute Gasteiger partial charge is 0.469 e. The summed E-state index contributed by atoms with van der Waals surface area (Å²) >= 11 is 0. The number of ketones is 1. The Labute approximate surface area is 236 Å². The van der Waals surface area contributed by atoms with Crippen molar-refractivity contribution in [2.24, 2.45) is 0 Å². The highest BCUT2D eigenvalue weighted by Crippen LogP contribution is 2.32. The van der Waals surface area contributed by atoms with Gasteiger partial charge in [-0.1, -0.05) is 12.1 Å². The lowest BCUT2D eigenvalue weighted by atomic mass is 9.89. The van der Waals surface area contributed by atoms with Crippen molar-refractivity contribution >= 4 is 27.3 Å². The van der Waals surface area contributed by atoms with E-state index in [0.29, 0.717) is 0 Å². The number of hydrogen-bond acceptors (Lipinski definition) is 8. The number of rotatable bonds is 7. The number of nitrogens with one attached hydrogen (secondary N) is 1. The zero-order valence-corrected chi connectivity index (χ0v) is 23.0. The molecule has 10 nitrogen and oxygen atoms in total. The molecule has 1 aliphatic heterocycles. The summed E-state index contributed by atoms with van der Waals surface area (Å²) in [6.45, 7) is 0.796. The second-order valence-electron chi connectivity index (χ2n) is 9.48. The monoisotopic (exact) mass is 613 g/mol. The van der Waals surface area contributed by atoms with Crippen LogP contribution in [-0.2, 0) is 16.0 Å². The van der Waals surface area contributed by atoms with Gasteiger partial charge < -0.3 is 15.0 Å². The zero-order chi connectivity index (χ0) is 30.8. The number of nitrogens with zero attached hydrogens (tertiary/aromatic N) is 4. The molecule has 3 heterocycles. The number of halogens is 5. The number of piperidine rings is 1. The second kappa shape index (κ2) is 12.0. The van der Waals surface area contributed by atoms with Gasteiger partial charge in [-0.15, -0.1) is 0 Å². The lowest BCUT2D eigenvalue weighted by Crippen LogP contribution is -2.41. The molecule has 1 saturated heterocycles. The van der Waals surface area contributed by atoms with Gasteiger partial charge in [-0.25, -0.2) is 36.9 Å². The lowest BCUT2D eigenvalue weighted by molar-refractivity contribution is -0.141. The van der Waals surface area contributed by atoms with Crippen molar-refractivity contribution in [3.63, 3.8) is 0 Å². The first-order chi connectivity index (χ1) is 19.6. The lowest BCUT2D eigenvalue weighted by Gasteiger charge is -2.32.